The maximum Gasteiger partial charge on any atom is 0.0641 e. The van der Waals surface area contributed by atoms with Crippen LogP contribution in [0.1, 0.15) is 86.8 Å². The molecule has 0 aliphatic rings. The summed E-state index contributed by atoms with van der Waals surface area (Å²) in [6, 6.07) is 44.5. The van der Waals surface area contributed by atoms with E-state index < -0.39 is 0 Å². The van der Waals surface area contributed by atoms with Crippen molar-refractivity contribution in [2.45, 2.75) is 89.5 Å². The standard InChI is InChI=1S/2C7H8.C6H14O.2C6H6.C4H8O.4C2H6O.4C2H6/c2*1-7-5-3-2-4-6-7;1-4-6(2)5-7-3;2*1-2-4-6-5-3-1;1-3-4-5-2;4*1-3-2;4*1-2/h2*2-6H,1H3;6H,4-5H2,1-3H3;2*1-6H;3H,1,4H2,2H3;4*1-2H3;4*1-2H3. The van der Waals surface area contributed by atoms with Gasteiger partial charge in [0.25, 0.3) is 0 Å². The third-order valence-electron chi connectivity index (χ3n) is 4.65. The van der Waals surface area contributed by atoms with Crippen LogP contribution in [0, 0.1) is 19.8 Å². The molecule has 1 atom stereocenters. The molecule has 0 amide bonds. The van der Waals surface area contributed by atoms with Gasteiger partial charge in [-0.1, -0.05) is 226 Å². The van der Waals surface area contributed by atoms with Crippen molar-refractivity contribution in [2.24, 2.45) is 5.92 Å². The molecule has 1 unspecified atom stereocenters. The number of aryl methyl sites for hydroxylation is 2. The molecular weight excluding hydrogens is 721 g/mol. The molecule has 4 aromatic carbocycles. The molecule has 6 heteroatoms. The first-order valence-electron chi connectivity index (χ1n) is 20.4. The van der Waals surface area contributed by atoms with Gasteiger partial charge in [0.2, 0.25) is 0 Å². The van der Waals surface area contributed by atoms with Crippen molar-refractivity contribution in [3.05, 3.63) is 157 Å². The fraction of sp³-hybridized carbons (Fsp3) is 0.500. The minimum Gasteiger partial charge on any atom is -0.388 e. The molecule has 58 heavy (non-hydrogen) atoms. The van der Waals surface area contributed by atoms with Gasteiger partial charge in [0.15, 0.2) is 0 Å². The summed E-state index contributed by atoms with van der Waals surface area (Å²) < 4.78 is 26.5. The smallest absolute Gasteiger partial charge is 0.0641 e. The lowest BCUT2D eigenvalue weighted by Crippen LogP contribution is -2.00. The van der Waals surface area contributed by atoms with Gasteiger partial charge in [-0.3, -0.25) is 0 Å². The van der Waals surface area contributed by atoms with Crippen LogP contribution in [0.3, 0.4) is 0 Å². The van der Waals surface area contributed by atoms with Crippen LogP contribution >= 0.6 is 0 Å². The summed E-state index contributed by atoms with van der Waals surface area (Å²) in [5.74, 6) is 0.727. The lowest BCUT2D eigenvalue weighted by atomic mass is 10.1. The van der Waals surface area contributed by atoms with Gasteiger partial charge >= 0.3 is 0 Å². The Balaban J connectivity index is -0.0000000549. The fourth-order valence-electron chi connectivity index (χ4n) is 2.36. The predicted molar refractivity (Wildman–Crippen MR) is 266 cm³/mol. The van der Waals surface area contributed by atoms with Crippen LogP contribution in [0.4, 0.5) is 0 Å². The van der Waals surface area contributed by atoms with Crippen molar-refractivity contribution in [1.82, 2.24) is 0 Å². The Labute approximate surface area is 364 Å². The highest BCUT2D eigenvalue weighted by Gasteiger charge is 1.93. The summed E-state index contributed by atoms with van der Waals surface area (Å²) >= 11 is 0. The highest BCUT2D eigenvalue weighted by atomic mass is 16.5. The van der Waals surface area contributed by atoms with E-state index in [1.165, 1.54) is 17.5 Å². The number of methoxy groups -OCH3 is 6. The molecule has 4 aromatic rings. The number of benzene rings is 4. The summed E-state index contributed by atoms with van der Waals surface area (Å²) in [5.41, 5.74) is 2.64. The van der Waals surface area contributed by atoms with Crippen molar-refractivity contribution in [3.8, 4) is 0 Å². The normalized spacial score (nSPS) is 7.76. The molecule has 0 saturated heterocycles. The summed E-state index contributed by atoms with van der Waals surface area (Å²) in [7, 11) is 16.4. The van der Waals surface area contributed by atoms with Crippen molar-refractivity contribution < 1.29 is 28.4 Å². The number of ether oxygens (including phenoxy) is 6. The fourth-order valence-corrected chi connectivity index (χ4v) is 2.36. The van der Waals surface area contributed by atoms with Crippen molar-refractivity contribution in [3.63, 3.8) is 0 Å². The second kappa shape index (κ2) is 105. The highest BCUT2D eigenvalue weighted by Crippen LogP contribution is 1.98. The van der Waals surface area contributed by atoms with E-state index in [1.807, 2.05) is 165 Å². The first kappa shape index (κ1) is 78.7. The highest BCUT2D eigenvalue weighted by molar-refractivity contribution is 5.12. The minimum absolute atomic E-state index is 0.653. The second-order valence-electron chi connectivity index (χ2n) is 9.96. The molecule has 0 fully saturated rings. The summed E-state index contributed by atoms with van der Waals surface area (Å²) in [6.07, 6.45) is 2.92. The van der Waals surface area contributed by atoms with E-state index in [-0.39, 0.29) is 0 Å². The summed E-state index contributed by atoms with van der Waals surface area (Å²) in [4.78, 5) is 0. The molecular formula is C52H98O6. The monoisotopic (exact) mass is 819 g/mol. The molecule has 0 aromatic heterocycles. The van der Waals surface area contributed by atoms with E-state index >= 15 is 0 Å². The molecule has 4 rings (SSSR count). The molecule has 342 valence electrons. The molecule has 0 spiro atoms. The number of hydrogen-bond acceptors (Lipinski definition) is 6. The third kappa shape index (κ3) is 140. The van der Waals surface area contributed by atoms with Gasteiger partial charge in [-0.05, 0) is 19.8 Å². The van der Waals surface area contributed by atoms with E-state index in [9.17, 15) is 0 Å². The first-order valence-corrected chi connectivity index (χ1v) is 20.4. The molecule has 0 saturated carbocycles. The van der Waals surface area contributed by atoms with Crippen molar-refractivity contribution >= 4 is 0 Å². The SMILES string of the molecule is C=CCOC.CC.CC.CC.CC.CCC(C)COC.COC.COC.COC.COC.Cc1ccccc1.Cc1ccccc1.c1ccccc1.c1ccccc1. The number of rotatable bonds is 5. The molecule has 6 nitrogen and oxygen atoms in total. The maximum absolute atomic E-state index is 4.89. The molecule has 0 aliphatic carbocycles. The topological polar surface area (TPSA) is 55.4 Å². The van der Waals surface area contributed by atoms with Gasteiger partial charge in [-0.25, -0.2) is 0 Å². The van der Waals surface area contributed by atoms with E-state index in [4.69, 9.17) is 4.74 Å². The van der Waals surface area contributed by atoms with Crippen LogP contribution in [0.2, 0.25) is 0 Å². The lowest BCUT2D eigenvalue weighted by Gasteiger charge is -2.03. The Morgan fingerprint density at radius 1 is 0.414 bits per heavy atom. The number of hydrogen-bond donors (Lipinski definition) is 0. The summed E-state index contributed by atoms with van der Waals surface area (Å²) in [5, 5.41) is 0. The average Bonchev–Trinajstić information content (AvgIpc) is 3.28. The van der Waals surface area contributed by atoms with Crippen LogP contribution in [-0.4, -0.2) is 84.3 Å². The van der Waals surface area contributed by atoms with Gasteiger partial charge in [-0.15, -0.1) is 6.58 Å². The molecule has 0 aliphatic heterocycles. The molecule has 0 heterocycles. The Kier molecular flexibility index (Phi) is 142. The molecule has 0 N–H and O–H groups in total. The van der Waals surface area contributed by atoms with Crippen LogP contribution in [0.5, 0.6) is 0 Å². The van der Waals surface area contributed by atoms with Crippen LogP contribution < -0.4 is 0 Å². The largest absolute Gasteiger partial charge is 0.388 e. The van der Waals surface area contributed by atoms with Crippen LogP contribution in [0.15, 0.2) is 146 Å². The van der Waals surface area contributed by atoms with Gasteiger partial charge in [-0.2, -0.15) is 0 Å². The average molecular weight is 819 g/mol. The first-order chi connectivity index (χ1) is 28.2. The van der Waals surface area contributed by atoms with Gasteiger partial charge in [0.05, 0.1) is 6.61 Å². The second-order valence-corrected chi connectivity index (χ2v) is 9.96. The van der Waals surface area contributed by atoms with Crippen molar-refractivity contribution in [2.75, 3.05) is 84.3 Å². The Morgan fingerprint density at radius 3 is 0.672 bits per heavy atom. The maximum atomic E-state index is 4.89. The Hall–Kier alpha value is -3.62. The zero-order valence-corrected chi connectivity index (χ0v) is 42.1. The summed E-state index contributed by atoms with van der Waals surface area (Å²) in [6.45, 7) is 29.5. The van der Waals surface area contributed by atoms with Crippen LogP contribution in [-0.2, 0) is 28.4 Å². The predicted octanol–water partition coefficient (Wildman–Crippen LogP) is 15.0. The Bertz CT molecular complexity index is 859. The lowest BCUT2D eigenvalue weighted by molar-refractivity contribution is 0.158. The Morgan fingerprint density at radius 2 is 0.603 bits per heavy atom. The molecule has 0 bridgehead atoms. The van der Waals surface area contributed by atoms with E-state index in [1.54, 1.807) is 77.2 Å². The van der Waals surface area contributed by atoms with E-state index in [0.717, 1.165) is 12.5 Å². The minimum atomic E-state index is 0.653. The zero-order chi connectivity index (χ0) is 47.4. The quantitative estimate of drug-likeness (QED) is 0.187. The van der Waals surface area contributed by atoms with E-state index in [2.05, 4.69) is 82.2 Å². The van der Waals surface area contributed by atoms with Gasteiger partial charge < -0.3 is 28.4 Å². The van der Waals surface area contributed by atoms with Gasteiger partial charge in [0, 0.05) is 77.7 Å². The van der Waals surface area contributed by atoms with Gasteiger partial charge in [0.1, 0.15) is 0 Å². The van der Waals surface area contributed by atoms with Crippen molar-refractivity contribution in [1.29, 1.82) is 0 Å². The van der Waals surface area contributed by atoms with E-state index in [0.29, 0.717) is 6.61 Å². The third-order valence-corrected chi connectivity index (χ3v) is 4.65. The van der Waals surface area contributed by atoms with Crippen LogP contribution in [0.25, 0.3) is 0 Å². The zero-order valence-electron chi connectivity index (χ0n) is 42.1. The molecule has 0 radical (unpaired) electrons.